The Morgan fingerprint density at radius 2 is 1.02 bits per heavy atom. The van der Waals surface area contributed by atoms with Crippen LogP contribution in [-0.2, 0) is 0 Å². The molecule has 1 aromatic heterocycles. The number of hydrogen-bond acceptors (Lipinski definition) is 4. The van der Waals surface area contributed by atoms with Gasteiger partial charge in [0.2, 0.25) is 5.89 Å². The van der Waals surface area contributed by atoms with Crippen molar-refractivity contribution in [3.8, 4) is 11.5 Å². The van der Waals surface area contributed by atoms with Gasteiger partial charge in [0.1, 0.15) is 5.52 Å². The predicted octanol–water partition coefficient (Wildman–Crippen LogP) is 12.7. The highest BCUT2D eigenvalue weighted by molar-refractivity contribution is 6.18. The van der Waals surface area contributed by atoms with Gasteiger partial charge < -0.3 is 14.2 Å². The summed E-state index contributed by atoms with van der Waals surface area (Å²) in [6.07, 6.45) is 0. The van der Waals surface area contributed by atoms with E-state index >= 15 is 0 Å². The molecule has 49 heavy (non-hydrogen) atoms. The van der Waals surface area contributed by atoms with Gasteiger partial charge in [-0.25, -0.2) is 4.98 Å². The monoisotopic (exact) mass is 641 g/mol. The molecule has 9 rings (SSSR count). The summed E-state index contributed by atoms with van der Waals surface area (Å²) in [5.74, 6) is -0.457. The average molecular weight is 642 g/mol. The molecule has 0 fully saturated rings. The number of rotatable bonds is 7. The van der Waals surface area contributed by atoms with Crippen LogP contribution in [0.4, 0.5) is 34.1 Å². The Morgan fingerprint density at radius 1 is 0.490 bits per heavy atom. The van der Waals surface area contributed by atoms with Gasteiger partial charge in [-0.2, -0.15) is 0 Å². The molecule has 0 saturated carbocycles. The van der Waals surface area contributed by atoms with Gasteiger partial charge >= 0.3 is 0 Å². The van der Waals surface area contributed by atoms with E-state index < -0.39 is 77.9 Å². The minimum Gasteiger partial charge on any atom is -0.435 e. The summed E-state index contributed by atoms with van der Waals surface area (Å²) in [5, 5.41) is -0.720. The van der Waals surface area contributed by atoms with Crippen molar-refractivity contribution in [2.45, 2.75) is 0 Å². The molecule has 0 amide bonds. The Bertz CT molecular complexity index is 3170. The number of para-hydroxylation sites is 3. The van der Waals surface area contributed by atoms with Crippen LogP contribution in [-0.4, -0.2) is 4.98 Å². The van der Waals surface area contributed by atoms with Crippen LogP contribution in [0.1, 0.15) is 16.4 Å². The van der Waals surface area contributed by atoms with Crippen LogP contribution in [0, 0.1) is 0 Å². The molecular weight excluding hydrogens is 599 g/mol. The second kappa shape index (κ2) is 12.2. The molecular formula is C45H31N3O. The fourth-order valence-corrected chi connectivity index (χ4v) is 5.94. The first kappa shape index (κ1) is 18.6. The number of hydrogen-bond donors (Lipinski definition) is 0. The quantitative estimate of drug-likeness (QED) is 0.162. The summed E-state index contributed by atoms with van der Waals surface area (Å²) in [4.78, 5) is 8.10. The summed E-state index contributed by atoms with van der Waals surface area (Å²) >= 11 is 0. The third-order valence-corrected chi connectivity index (χ3v) is 8.10. The van der Waals surface area contributed by atoms with Gasteiger partial charge in [0.25, 0.3) is 0 Å². The molecule has 4 heteroatoms. The molecule has 0 saturated heterocycles. The first-order valence-electron chi connectivity index (χ1n) is 21.5. The molecule has 0 radical (unpaired) electrons. The molecule has 4 nitrogen and oxygen atoms in total. The van der Waals surface area contributed by atoms with Gasteiger partial charge in [-0.3, -0.25) is 0 Å². The number of anilines is 6. The van der Waals surface area contributed by atoms with Crippen molar-refractivity contribution < 1.29 is 20.9 Å². The van der Waals surface area contributed by atoms with E-state index in [1.165, 1.54) is 0 Å². The van der Waals surface area contributed by atoms with E-state index in [9.17, 15) is 4.11 Å². The van der Waals surface area contributed by atoms with Crippen LogP contribution in [0.25, 0.3) is 44.1 Å². The molecule has 8 aromatic carbocycles. The fourth-order valence-electron chi connectivity index (χ4n) is 5.94. The van der Waals surface area contributed by atoms with Crippen LogP contribution in [0.5, 0.6) is 0 Å². The minimum absolute atomic E-state index is 0.0646. The molecule has 0 aliphatic carbocycles. The fraction of sp³-hybridized carbons (Fsp3) is 0. The van der Waals surface area contributed by atoms with Crippen LogP contribution in [0.3, 0.4) is 0 Å². The van der Waals surface area contributed by atoms with Gasteiger partial charge in [-0.05, 0) is 101 Å². The number of benzene rings is 8. The first-order valence-corrected chi connectivity index (χ1v) is 15.5. The highest BCUT2D eigenvalue weighted by atomic mass is 16.3. The molecule has 232 valence electrons. The second-order valence-electron chi connectivity index (χ2n) is 11.1. The standard InChI is InChI=1S/C45H31N3O/c1-5-14-34(15-6-1)45-46-42-29-27-33-25-24-32-26-28-40(31-41(32)43(33)44(42)49-45)48(37-20-11-4-12-21-37)39-23-13-22-38(30-39)47(35-16-7-2-8-17-35)36-18-9-3-10-19-36/h1-31H/i1D,5D,6D,14D,15D,24D,25D,26D,27D,28D,29D,31D. The zero-order chi connectivity index (χ0) is 43.0. The topological polar surface area (TPSA) is 32.5 Å². The smallest absolute Gasteiger partial charge is 0.227 e. The summed E-state index contributed by atoms with van der Waals surface area (Å²) in [6.45, 7) is 0. The number of oxazole rings is 1. The Morgan fingerprint density at radius 3 is 1.65 bits per heavy atom. The summed E-state index contributed by atoms with van der Waals surface area (Å²) < 4.78 is 113. The Kier molecular flexibility index (Phi) is 4.63. The Hall–Kier alpha value is -6.65. The highest BCUT2D eigenvalue weighted by Gasteiger charge is 2.19. The average Bonchev–Trinajstić information content (AvgIpc) is 3.72. The molecule has 0 aliphatic rings. The normalized spacial score (nSPS) is 14.7. The summed E-state index contributed by atoms with van der Waals surface area (Å²) in [5.41, 5.74) is 2.56. The number of aromatic nitrogens is 1. The maximum absolute atomic E-state index is 9.98. The van der Waals surface area contributed by atoms with Crippen molar-refractivity contribution in [1.29, 1.82) is 0 Å². The lowest BCUT2D eigenvalue weighted by Gasteiger charge is -2.29. The van der Waals surface area contributed by atoms with Crippen molar-refractivity contribution in [1.82, 2.24) is 4.98 Å². The lowest BCUT2D eigenvalue weighted by molar-refractivity contribution is 0.623. The van der Waals surface area contributed by atoms with E-state index in [0.717, 1.165) is 17.1 Å². The van der Waals surface area contributed by atoms with Crippen molar-refractivity contribution in [2.75, 3.05) is 9.80 Å². The third kappa shape index (κ3) is 5.26. The Balaban J connectivity index is 1.38. The number of fused-ring (bicyclic) bond motifs is 5. The summed E-state index contributed by atoms with van der Waals surface area (Å²) in [6, 6.07) is 29.5. The maximum atomic E-state index is 9.98. The molecule has 0 atom stereocenters. The molecule has 0 aliphatic heterocycles. The van der Waals surface area contributed by atoms with Crippen LogP contribution < -0.4 is 9.80 Å². The third-order valence-electron chi connectivity index (χ3n) is 8.10. The van der Waals surface area contributed by atoms with Gasteiger partial charge in [-0.1, -0.05) is 103 Å². The highest BCUT2D eigenvalue weighted by Crippen LogP contribution is 2.42. The van der Waals surface area contributed by atoms with E-state index in [0.29, 0.717) is 11.4 Å². The molecule has 0 unspecified atom stereocenters. The van der Waals surface area contributed by atoms with Crippen molar-refractivity contribution in [2.24, 2.45) is 0 Å². The largest absolute Gasteiger partial charge is 0.435 e. The SMILES string of the molecule is [2H]c1c([2H])c([2H])c(-c2nc3c([2H])c([2H])c4c([2H])c([2H])c5c([2H])c([2H])c(N(c6ccccc6)c6cccc(N(c7ccccc7)c7ccccc7)c6)c([2H])c5c4c3o2)c([2H])c1[2H]. The van der Waals surface area contributed by atoms with Crippen molar-refractivity contribution in [3.63, 3.8) is 0 Å². The molecule has 0 bridgehead atoms. The minimum atomic E-state index is -0.645. The summed E-state index contributed by atoms with van der Waals surface area (Å²) in [7, 11) is 0. The number of nitrogens with zero attached hydrogens (tertiary/aromatic N) is 3. The predicted molar refractivity (Wildman–Crippen MR) is 204 cm³/mol. The van der Waals surface area contributed by atoms with Crippen LogP contribution in [0.2, 0.25) is 0 Å². The second-order valence-corrected chi connectivity index (χ2v) is 11.1. The van der Waals surface area contributed by atoms with Gasteiger partial charge in [0, 0.05) is 45.1 Å². The van der Waals surface area contributed by atoms with E-state index in [2.05, 4.69) is 9.88 Å². The van der Waals surface area contributed by atoms with Crippen LogP contribution >= 0.6 is 0 Å². The Labute approximate surface area is 301 Å². The zero-order valence-electron chi connectivity index (χ0n) is 37.7. The van der Waals surface area contributed by atoms with Gasteiger partial charge in [0.15, 0.2) is 5.58 Å². The lowest BCUT2D eigenvalue weighted by atomic mass is 10.00. The zero-order valence-corrected chi connectivity index (χ0v) is 25.7. The maximum Gasteiger partial charge on any atom is 0.227 e. The van der Waals surface area contributed by atoms with Gasteiger partial charge in [-0.15, -0.1) is 0 Å². The molecule has 0 spiro atoms. The van der Waals surface area contributed by atoms with E-state index in [1.807, 2.05) is 91.0 Å². The van der Waals surface area contributed by atoms with E-state index in [-0.39, 0.29) is 44.4 Å². The van der Waals surface area contributed by atoms with Gasteiger partial charge in [0.05, 0.1) is 16.4 Å². The molecule has 0 N–H and O–H groups in total. The van der Waals surface area contributed by atoms with Crippen molar-refractivity contribution in [3.05, 3.63) is 188 Å². The van der Waals surface area contributed by atoms with E-state index in [4.69, 9.17) is 16.8 Å². The van der Waals surface area contributed by atoms with E-state index in [1.54, 1.807) is 29.2 Å². The lowest BCUT2D eigenvalue weighted by Crippen LogP contribution is -2.13. The first-order chi connectivity index (χ1) is 29.3. The molecule has 9 aromatic rings. The van der Waals surface area contributed by atoms with Crippen LogP contribution in [0.15, 0.2) is 192 Å². The molecule has 1 heterocycles. The van der Waals surface area contributed by atoms with Crippen molar-refractivity contribution >= 4 is 66.8 Å².